The van der Waals surface area contributed by atoms with Gasteiger partial charge in [-0.25, -0.2) is 0 Å². The molecule has 0 aromatic heterocycles. The van der Waals surface area contributed by atoms with Crippen LogP contribution in [0.3, 0.4) is 0 Å². The summed E-state index contributed by atoms with van der Waals surface area (Å²) in [5, 5.41) is 9.26. The summed E-state index contributed by atoms with van der Waals surface area (Å²) in [6, 6.07) is 7.27. The molecule has 110 valence electrons. The number of carboxylic acid groups (broad SMARTS) is 1. The van der Waals surface area contributed by atoms with Crippen molar-refractivity contribution >= 4 is 23.5 Å². The number of carboxylic acids is 1. The Morgan fingerprint density at radius 1 is 1.35 bits per heavy atom. The van der Waals surface area contributed by atoms with Crippen molar-refractivity contribution in [1.82, 2.24) is 4.90 Å². The van der Waals surface area contributed by atoms with Crippen LogP contribution in [0, 0.1) is 0 Å². The molecule has 1 rings (SSSR count). The summed E-state index contributed by atoms with van der Waals surface area (Å²) < 4.78 is 0. The van der Waals surface area contributed by atoms with Crippen molar-refractivity contribution in [2.45, 2.75) is 39.2 Å². The second-order valence-electron chi connectivity index (χ2n) is 4.98. The third-order valence-corrected chi connectivity index (χ3v) is 3.21. The molecule has 0 aliphatic heterocycles. The van der Waals surface area contributed by atoms with Gasteiger partial charge in [-0.15, -0.1) is 0 Å². The Balaban J connectivity index is 2.62. The molecule has 1 aromatic rings. The lowest BCUT2D eigenvalue weighted by Gasteiger charge is -2.26. The molecule has 0 unspecified atom stereocenters. The van der Waals surface area contributed by atoms with E-state index >= 15 is 0 Å². The first kappa shape index (κ1) is 16.5. The van der Waals surface area contributed by atoms with E-state index < -0.39 is 5.97 Å². The molecule has 0 saturated heterocycles. The third kappa shape index (κ3) is 5.61. The summed E-state index contributed by atoms with van der Waals surface area (Å²) in [5.41, 5.74) is 0.867. The summed E-state index contributed by atoms with van der Waals surface area (Å²) in [5.74, 6) is -0.844. The Morgan fingerprint density at radius 3 is 2.60 bits per heavy atom. The predicted molar refractivity (Wildman–Crippen MR) is 78.9 cm³/mol. The van der Waals surface area contributed by atoms with E-state index in [0.29, 0.717) is 18.0 Å². The van der Waals surface area contributed by atoms with E-state index in [0.717, 1.165) is 5.56 Å². The number of carbonyl (C=O) groups excluding carboxylic acids is 1. The molecule has 0 atom stereocenters. The molecular weight excluding hydrogens is 278 g/mol. The lowest BCUT2D eigenvalue weighted by molar-refractivity contribution is -0.138. The Morgan fingerprint density at radius 2 is 2.05 bits per heavy atom. The second-order valence-corrected chi connectivity index (χ2v) is 5.42. The third-order valence-electron chi connectivity index (χ3n) is 2.98. The topological polar surface area (TPSA) is 57.6 Å². The molecule has 1 N–H and O–H groups in total. The van der Waals surface area contributed by atoms with Gasteiger partial charge in [0.15, 0.2) is 0 Å². The van der Waals surface area contributed by atoms with Crippen molar-refractivity contribution in [3.63, 3.8) is 0 Å². The molecule has 0 radical (unpaired) electrons. The Labute approximate surface area is 124 Å². The van der Waals surface area contributed by atoms with Crippen molar-refractivity contribution in [1.29, 1.82) is 0 Å². The monoisotopic (exact) mass is 297 g/mol. The lowest BCUT2D eigenvalue weighted by Crippen LogP contribution is -2.38. The maximum absolute atomic E-state index is 12.3. The van der Waals surface area contributed by atoms with Gasteiger partial charge in [0.1, 0.15) is 0 Å². The van der Waals surface area contributed by atoms with Gasteiger partial charge in [0.2, 0.25) is 5.91 Å². The number of hydrogen-bond donors (Lipinski definition) is 1. The van der Waals surface area contributed by atoms with E-state index in [1.165, 1.54) is 0 Å². The smallest absolute Gasteiger partial charge is 0.303 e. The maximum atomic E-state index is 12.3. The number of halogens is 1. The van der Waals surface area contributed by atoms with E-state index in [2.05, 4.69) is 0 Å². The van der Waals surface area contributed by atoms with Crippen molar-refractivity contribution in [2.75, 3.05) is 6.54 Å². The molecule has 0 aliphatic rings. The number of aliphatic carboxylic acids is 1. The van der Waals surface area contributed by atoms with E-state index in [4.69, 9.17) is 16.7 Å². The van der Waals surface area contributed by atoms with Crippen LogP contribution in [0.2, 0.25) is 5.02 Å². The summed E-state index contributed by atoms with van der Waals surface area (Å²) >= 11 is 5.90. The fourth-order valence-electron chi connectivity index (χ4n) is 1.99. The molecule has 0 saturated carbocycles. The number of rotatable bonds is 7. The van der Waals surface area contributed by atoms with Gasteiger partial charge in [-0.3, -0.25) is 9.59 Å². The van der Waals surface area contributed by atoms with Crippen molar-refractivity contribution < 1.29 is 14.7 Å². The highest BCUT2D eigenvalue weighted by Crippen LogP contribution is 2.13. The average Bonchev–Trinajstić information content (AvgIpc) is 2.33. The molecule has 0 aliphatic carbocycles. The molecule has 1 amide bonds. The lowest BCUT2D eigenvalue weighted by atomic mass is 10.1. The highest BCUT2D eigenvalue weighted by Gasteiger charge is 2.17. The van der Waals surface area contributed by atoms with Gasteiger partial charge in [0.25, 0.3) is 0 Å². The predicted octanol–water partition coefficient (Wildman–Crippen LogP) is 2.98. The molecule has 4 nitrogen and oxygen atoms in total. The van der Waals surface area contributed by atoms with Gasteiger partial charge in [0.05, 0.1) is 6.42 Å². The van der Waals surface area contributed by atoms with Crippen LogP contribution in [-0.4, -0.2) is 34.5 Å². The summed E-state index contributed by atoms with van der Waals surface area (Å²) in [6.07, 6.45) is 0.828. The van der Waals surface area contributed by atoms with Gasteiger partial charge >= 0.3 is 5.97 Å². The number of hydrogen-bond acceptors (Lipinski definition) is 2. The molecule has 0 bridgehead atoms. The first-order valence-electron chi connectivity index (χ1n) is 6.66. The number of carbonyl (C=O) groups is 2. The minimum absolute atomic E-state index is 0.00680. The van der Waals surface area contributed by atoms with Gasteiger partial charge in [-0.2, -0.15) is 0 Å². The van der Waals surface area contributed by atoms with Gasteiger partial charge in [-0.1, -0.05) is 23.7 Å². The zero-order valence-electron chi connectivity index (χ0n) is 11.8. The van der Waals surface area contributed by atoms with Crippen molar-refractivity contribution in [3.8, 4) is 0 Å². The van der Waals surface area contributed by atoms with Crippen molar-refractivity contribution in [3.05, 3.63) is 34.9 Å². The summed E-state index contributed by atoms with van der Waals surface area (Å²) in [7, 11) is 0. The molecule has 20 heavy (non-hydrogen) atoms. The Bertz CT molecular complexity index is 474. The number of amides is 1. The minimum Gasteiger partial charge on any atom is -0.481 e. The van der Waals surface area contributed by atoms with Crippen LogP contribution in [0.5, 0.6) is 0 Å². The first-order valence-corrected chi connectivity index (χ1v) is 7.03. The van der Waals surface area contributed by atoms with E-state index in [9.17, 15) is 9.59 Å². The van der Waals surface area contributed by atoms with Crippen molar-refractivity contribution in [2.24, 2.45) is 0 Å². The zero-order chi connectivity index (χ0) is 15.1. The van der Waals surface area contributed by atoms with E-state index in [1.54, 1.807) is 17.0 Å². The zero-order valence-corrected chi connectivity index (χ0v) is 12.6. The first-order chi connectivity index (χ1) is 9.40. The highest BCUT2D eigenvalue weighted by molar-refractivity contribution is 6.30. The van der Waals surface area contributed by atoms with Crippen LogP contribution in [0.1, 0.15) is 32.3 Å². The van der Waals surface area contributed by atoms with Gasteiger partial charge < -0.3 is 10.0 Å². The normalized spacial score (nSPS) is 10.6. The minimum atomic E-state index is -0.837. The standard InChI is InChI=1S/C15H20ClNO3/c1-11(2)17(8-4-7-15(19)20)14(18)10-12-5-3-6-13(16)9-12/h3,5-6,9,11H,4,7-8,10H2,1-2H3,(H,19,20). The summed E-state index contributed by atoms with van der Waals surface area (Å²) in [6.45, 7) is 4.32. The van der Waals surface area contributed by atoms with Crippen LogP contribution >= 0.6 is 11.6 Å². The number of benzene rings is 1. The van der Waals surface area contributed by atoms with Gasteiger partial charge in [0, 0.05) is 24.0 Å². The largest absolute Gasteiger partial charge is 0.481 e. The highest BCUT2D eigenvalue weighted by atomic mass is 35.5. The van der Waals surface area contributed by atoms with Crippen LogP contribution in [0.4, 0.5) is 0 Å². The van der Waals surface area contributed by atoms with Crippen LogP contribution in [0.15, 0.2) is 24.3 Å². The quantitative estimate of drug-likeness (QED) is 0.842. The van der Waals surface area contributed by atoms with Crippen LogP contribution in [-0.2, 0) is 16.0 Å². The molecule has 0 fully saturated rings. The molecule has 1 aromatic carbocycles. The molecule has 0 spiro atoms. The molecular formula is C15H20ClNO3. The van der Waals surface area contributed by atoms with Crippen LogP contribution in [0.25, 0.3) is 0 Å². The van der Waals surface area contributed by atoms with E-state index in [1.807, 2.05) is 26.0 Å². The molecule has 0 heterocycles. The fourth-order valence-corrected chi connectivity index (χ4v) is 2.21. The second kappa shape index (κ2) is 7.90. The average molecular weight is 298 g/mol. The Hall–Kier alpha value is -1.55. The SMILES string of the molecule is CC(C)N(CCCC(=O)O)C(=O)Cc1cccc(Cl)c1. The Kier molecular flexibility index (Phi) is 6.52. The molecule has 5 heteroatoms. The van der Waals surface area contributed by atoms with Crippen LogP contribution < -0.4 is 0 Å². The van der Waals surface area contributed by atoms with Gasteiger partial charge in [-0.05, 0) is 38.0 Å². The fraction of sp³-hybridized carbons (Fsp3) is 0.467. The number of nitrogens with zero attached hydrogens (tertiary/aromatic N) is 1. The summed E-state index contributed by atoms with van der Waals surface area (Å²) in [4.78, 5) is 24.5. The van der Waals surface area contributed by atoms with E-state index in [-0.39, 0.29) is 24.8 Å². The maximum Gasteiger partial charge on any atom is 0.303 e.